The molecule has 6 heteroatoms. The average Bonchev–Trinajstić information content (AvgIpc) is 3.18. The van der Waals surface area contributed by atoms with Gasteiger partial charge in [0, 0.05) is 35.6 Å². The van der Waals surface area contributed by atoms with Crippen LogP contribution in [0.2, 0.25) is 5.02 Å². The first kappa shape index (κ1) is 20.6. The summed E-state index contributed by atoms with van der Waals surface area (Å²) in [4.78, 5) is 2.41. The molecule has 0 N–H and O–H groups in total. The monoisotopic (exact) mass is 452 g/mol. The van der Waals surface area contributed by atoms with Crippen LogP contribution in [0.25, 0.3) is 0 Å². The van der Waals surface area contributed by atoms with Gasteiger partial charge in [0.15, 0.2) is 0 Å². The lowest BCUT2D eigenvalue weighted by Crippen LogP contribution is -2.49. The standard InChI is InChI=1S/C25H25ClN2O2S/c1-17-9-12-20(13-10-17)31(29,30)28-16-22(18-7-5-4-6-8-18)25(2)21-14-11-19(26)15-23(21)27(3)24(25)28/h4-15,22,24H,16H2,1-3H3/t22-,24-,25+/m0/s1. The van der Waals surface area contributed by atoms with E-state index < -0.39 is 15.4 Å². The van der Waals surface area contributed by atoms with E-state index in [0.717, 1.165) is 22.4 Å². The third kappa shape index (κ3) is 2.94. The maximum absolute atomic E-state index is 13.8. The highest BCUT2D eigenvalue weighted by atomic mass is 35.5. The van der Waals surface area contributed by atoms with Gasteiger partial charge in [0.25, 0.3) is 0 Å². The fraction of sp³-hybridized carbons (Fsp3) is 0.280. The van der Waals surface area contributed by atoms with Gasteiger partial charge in [-0.15, -0.1) is 0 Å². The minimum absolute atomic E-state index is 0.0174. The van der Waals surface area contributed by atoms with E-state index in [1.165, 1.54) is 0 Å². The molecule has 1 saturated heterocycles. The Kier molecular flexibility index (Phi) is 4.70. The Labute approximate surface area is 189 Å². The molecule has 0 aliphatic carbocycles. The third-order valence-electron chi connectivity index (χ3n) is 7.01. The first-order chi connectivity index (χ1) is 14.7. The Bertz CT molecular complexity index is 1240. The summed E-state index contributed by atoms with van der Waals surface area (Å²) in [5.74, 6) is 0.0174. The lowest BCUT2D eigenvalue weighted by molar-refractivity contribution is 0.324. The number of aryl methyl sites for hydroxylation is 1. The van der Waals surface area contributed by atoms with Gasteiger partial charge in [-0.25, -0.2) is 8.42 Å². The van der Waals surface area contributed by atoms with Crippen molar-refractivity contribution in [2.24, 2.45) is 0 Å². The van der Waals surface area contributed by atoms with Crippen molar-refractivity contribution in [3.8, 4) is 0 Å². The van der Waals surface area contributed by atoms with E-state index in [-0.39, 0.29) is 12.1 Å². The maximum Gasteiger partial charge on any atom is 0.244 e. The van der Waals surface area contributed by atoms with Crippen molar-refractivity contribution in [2.75, 3.05) is 18.5 Å². The maximum atomic E-state index is 13.8. The molecular weight excluding hydrogens is 428 g/mol. The van der Waals surface area contributed by atoms with Gasteiger partial charge in [-0.2, -0.15) is 4.31 Å². The average molecular weight is 453 g/mol. The fourth-order valence-corrected chi connectivity index (χ4v) is 7.35. The van der Waals surface area contributed by atoms with Gasteiger partial charge in [-0.3, -0.25) is 0 Å². The van der Waals surface area contributed by atoms with Gasteiger partial charge in [0.1, 0.15) is 6.17 Å². The topological polar surface area (TPSA) is 40.6 Å². The van der Waals surface area contributed by atoms with Crippen LogP contribution in [-0.4, -0.2) is 32.5 Å². The molecular formula is C25H25ClN2O2S. The molecule has 1 fully saturated rings. The molecule has 0 aromatic heterocycles. The summed E-state index contributed by atoms with van der Waals surface area (Å²) in [5, 5.41) is 0.651. The Morgan fingerprint density at radius 3 is 2.35 bits per heavy atom. The summed E-state index contributed by atoms with van der Waals surface area (Å²) in [7, 11) is -1.72. The summed E-state index contributed by atoms with van der Waals surface area (Å²) >= 11 is 6.32. The fourth-order valence-electron chi connectivity index (χ4n) is 5.47. The molecule has 2 heterocycles. The van der Waals surface area contributed by atoms with Gasteiger partial charge in [-0.05, 0) is 42.3 Å². The highest BCUT2D eigenvalue weighted by molar-refractivity contribution is 7.89. The molecule has 3 aromatic rings. The zero-order valence-corrected chi connectivity index (χ0v) is 19.4. The van der Waals surface area contributed by atoms with E-state index in [1.807, 2.05) is 56.4 Å². The van der Waals surface area contributed by atoms with E-state index in [9.17, 15) is 8.42 Å². The Balaban J connectivity index is 1.70. The van der Waals surface area contributed by atoms with Crippen LogP contribution < -0.4 is 4.90 Å². The van der Waals surface area contributed by atoms with Crippen LogP contribution in [0.5, 0.6) is 0 Å². The van der Waals surface area contributed by atoms with Crippen LogP contribution in [0.3, 0.4) is 0 Å². The molecule has 2 aliphatic heterocycles. The molecule has 3 atom stereocenters. The smallest absolute Gasteiger partial charge is 0.244 e. The Hall–Kier alpha value is -2.34. The number of sulfonamides is 1. The van der Waals surface area contributed by atoms with Gasteiger partial charge < -0.3 is 4.90 Å². The normalized spacial score (nSPS) is 25.5. The highest BCUT2D eigenvalue weighted by Crippen LogP contribution is 2.58. The SMILES string of the molecule is Cc1ccc(S(=O)(=O)N2C[C@@H](c3ccccc3)[C@@]3(C)c4ccc(Cl)cc4N(C)[C@@H]23)cc1. The number of benzene rings is 3. The van der Waals surface area contributed by atoms with Crippen LogP contribution in [0.1, 0.15) is 29.5 Å². The summed E-state index contributed by atoms with van der Waals surface area (Å²) in [6.45, 7) is 4.57. The summed E-state index contributed by atoms with van der Waals surface area (Å²) < 4.78 is 29.4. The summed E-state index contributed by atoms with van der Waals surface area (Å²) in [6, 6.07) is 23.3. The molecule has 0 spiro atoms. The zero-order valence-electron chi connectivity index (χ0n) is 17.8. The van der Waals surface area contributed by atoms with Gasteiger partial charge >= 0.3 is 0 Å². The van der Waals surface area contributed by atoms with Crippen LogP contribution in [0, 0.1) is 6.92 Å². The summed E-state index contributed by atoms with van der Waals surface area (Å²) in [5.41, 5.74) is 3.90. The largest absolute Gasteiger partial charge is 0.357 e. The molecule has 0 amide bonds. The number of hydrogen-bond acceptors (Lipinski definition) is 3. The molecule has 5 rings (SSSR count). The second-order valence-electron chi connectivity index (χ2n) is 8.78. The van der Waals surface area contributed by atoms with E-state index in [0.29, 0.717) is 16.5 Å². The number of nitrogens with zero attached hydrogens (tertiary/aromatic N) is 2. The second kappa shape index (κ2) is 7.09. The molecule has 0 unspecified atom stereocenters. The minimum atomic E-state index is -3.69. The van der Waals surface area contributed by atoms with Crippen molar-refractivity contribution in [2.45, 2.75) is 36.2 Å². The molecule has 4 nitrogen and oxygen atoms in total. The first-order valence-corrected chi connectivity index (χ1v) is 12.2. The number of fused-ring (bicyclic) bond motifs is 3. The Morgan fingerprint density at radius 1 is 1.00 bits per heavy atom. The second-order valence-corrected chi connectivity index (χ2v) is 11.1. The van der Waals surface area contributed by atoms with Gasteiger partial charge in [0.2, 0.25) is 10.0 Å². The number of rotatable bonds is 3. The van der Waals surface area contributed by atoms with Crippen LogP contribution >= 0.6 is 11.6 Å². The van der Waals surface area contributed by atoms with E-state index in [2.05, 4.69) is 30.0 Å². The number of hydrogen-bond donors (Lipinski definition) is 0. The van der Waals surface area contributed by atoms with Gasteiger partial charge in [-0.1, -0.05) is 72.6 Å². The first-order valence-electron chi connectivity index (χ1n) is 10.4. The Morgan fingerprint density at radius 2 is 1.68 bits per heavy atom. The van der Waals surface area contributed by atoms with Crippen LogP contribution in [0.15, 0.2) is 77.7 Å². The predicted octanol–water partition coefficient (Wildman–Crippen LogP) is 5.17. The number of likely N-dealkylation sites (N-methyl/N-ethyl adjacent to an activating group) is 1. The van der Waals surface area contributed by atoms with E-state index >= 15 is 0 Å². The van der Waals surface area contributed by atoms with E-state index in [4.69, 9.17) is 11.6 Å². The molecule has 31 heavy (non-hydrogen) atoms. The minimum Gasteiger partial charge on any atom is -0.357 e. The van der Waals surface area contributed by atoms with Crippen LogP contribution in [0.4, 0.5) is 5.69 Å². The molecule has 0 saturated carbocycles. The van der Waals surface area contributed by atoms with Crippen molar-refractivity contribution >= 4 is 27.3 Å². The lowest BCUT2D eigenvalue weighted by atomic mass is 9.71. The number of halogens is 1. The quantitative estimate of drug-likeness (QED) is 0.550. The molecule has 3 aromatic carbocycles. The van der Waals surface area contributed by atoms with Crippen molar-refractivity contribution in [3.63, 3.8) is 0 Å². The van der Waals surface area contributed by atoms with Crippen molar-refractivity contribution in [1.29, 1.82) is 0 Å². The highest BCUT2D eigenvalue weighted by Gasteiger charge is 2.62. The lowest BCUT2D eigenvalue weighted by Gasteiger charge is -2.35. The predicted molar refractivity (Wildman–Crippen MR) is 125 cm³/mol. The van der Waals surface area contributed by atoms with Gasteiger partial charge in [0.05, 0.1) is 4.90 Å². The van der Waals surface area contributed by atoms with E-state index in [1.54, 1.807) is 16.4 Å². The molecule has 2 aliphatic rings. The van der Waals surface area contributed by atoms with Crippen molar-refractivity contribution < 1.29 is 8.42 Å². The number of anilines is 1. The van der Waals surface area contributed by atoms with Crippen molar-refractivity contribution in [1.82, 2.24) is 4.31 Å². The zero-order chi connectivity index (χ0) is 22.0. The third-order valence-corrected chi connectivity index (χ3v) is 9.08. The van der Waals surface area contributed by atoms with Crippen molar-refractivity contribution in [3.05, 3.63) is 94.5 Å². The molecule has 0 bridgehead atoms. The molecule has 160 valence electrons. The summed E-state index contributed by atoms with van der Waals surface area (Å²) in [6.07, 6.45) is -0.336. The van der Waals surface area contributed by atoms with Crippen LogP contribution in [-0.2, 0) is 15.4 Å². The molecule has 0 radical (unpaired) electrons.